The van der Waals surface area contributed by atoms with Crippen molar-refractivity contribution in [3.63, 3.8) is 0 Å². The number of aliphatic hydroxyl groups excluding tert-OH is 1. The first-order valence-corrected chi connectivity index (χ1v) is 5.52. The molecule has 1 N–H and O–H groups in total. The second-order valence-electron chi connectivity index (χ2n) is 3.78. The lowest BCUT2D eigenvalue weighted by molar-refractivity contribution is 0.247. The van der Waals surface area contributed by atoms with Crippen LogP contribution in [-0.2, 0) is 0 Å². The van der Waals surface area contributed by atoms with Crippen LogP contribution < -0.4 is 0 Å². The van der Waals surface area contributed by atoms with Gasteiger partial charge in [0.2, 0.25) is 0 Å². The van der Waals surface area contributed by atoms with E-state index in [1.54, 1.807) is 0 Å². The van der Waals surface area contributed by atoms with Crippen LogP contribution in [0.5, 0.6) is 0 Å². The van der Waals surface area contributed by atoms with Gasteiger partial charge < -0.3 is 5.11 Å². The minimum absolute atomic E-state index is 0.341. The highest BCUT2D eigenvalue weighted by molar-refractivity contribution is 4.91. The van der Waals surface area contributed by atoms with Gasteiger partial charge in [-0.2, -0.15) is 0 Å². The van der Waals surface area contributed by atoms with Crippen molar-refractivity contribution in [1.29, 1.82) is 0 Å². The fourth-order valence-electron chi connectivity index (χ4n) is 1.55. The van der Waals surface area contributed by atoms with Gasteiger partial charge in [-0.1, -0.05) is 38.8 Å². The Kier molecular flexibility index (Phi) is 8.11. The van der Waals surface area contributed by atoms with Gasteiger partial charge in [0.1, 0.15) is 0 Å². The maximum atomic E-state index is 8.80. The number of aliphatic hydroxyl groups is 1. The van der Waals surface area contributed by atoms with Gasteiger partial charge in [-0.3, -0.25) is 0 Å². The summed E-state index contributed by atoms with van der Waals surface area (Å²) in [5, 5.41) is 8.80. The lowest BCUT2D eigenvalue weighted by atomic mass is 9.94. The molecule has 0 aromatic rings. The van der Waals surface area contributed by atoms with Crippen LogP contribution in [0.25, 0.3) is 0 Å². The van der Waals surface area contributed by atoms with Crippen molar-refractivity contribution in [2.45, 2.75) is 52.4 Å². The van der Waals surface area contributed by atoms with Crippen LogP contribution >= 0.6 is 0 Å². The Labute approximate surface area is 82.9 Å². The molecule has 0 rings (SSSR count). The summed E-state index contributed by atoms with van der Waals surface area (Å²) in [4.78, 5) is 0. The first-order chi connectivity index (χ1) is 6.24. The molecule has 0 aliphatic carbocycles. The summed E-state index contributed by atoms with van der Waals surface area (Å²) in [6, 6.07) is 0. The smallest absolute Gasteiger partial charge is 0.0433 e. The molecule has 0 saturated carbocycles. The summed E-state index contributed by atoms with van der Waals surface area (Å²) in [7, 11) is 0. The molecular weight excluding hydrogens is 160 g/mol. The quantitative estimate of drug-likeness (QED) is 0.572. The van der Waals surface area contributed by atoms with Gasteiger partial charge >= 0.3 is 0 Å². The normalized spacial score (nSPS) is 12.8. The largest absolute Gasteiger partial charge is 0.396 e. The molecule has 1 unspecified atom stereocenters. The average Bonchev–Trinajstić information content (AvgIpc) is 2.16. The lowest BCUT2D eigenvalue weighted by Gasteiger charge is -2.12. The van der Waals surface area contributed by atoms with E-state index < -0.39 is 0 Å². The Bertz CT molecular complexity index is 129. The molecule has 13 heavy (non-hydrogen) atoms. The maximum absolute atomic E-state index is 8.80. The van der Waals surface area contributed by atoms with Crippen molar-refractivity contribution in [2.24, 2.45) is 5.92 Å². The molecule has 0 aliphatic rings. The third-order valence-corrected chi connectivity index (χ3v) is 2.76. The third kappa shape index (κ3) is 6.83. The molecule has 1 nitrogen and oxygen atoms in total. The van der Waals surface area contributed by atoms with Gasteiger partial charge in [0, 0.05) is 6.61 Å². The van der Waals surface area contributed by atoms with Crippen LogP contribution in [0.15, 0.2) is 12.2 Å². The summed E-state index contributed by atoms with van der Waals surface area (Å²) in [6.07, 6.45) is 6.92. The first kappa shape index (κ1) is 12.7. The molecule has 0 aromatic carbocycles. The van der Waals surface area contributed by atoms with Crippen LogP contribution in [0.1, 0.15) is 52.4 Å². The zero-order valence-corrected chi connectivity index (χ0v) is 9.18. The highest BCUT2D eigenvalue weighted by atomic mass is 16.3. The van der Waals surface area contributed by atoms with Crippen LogP contribution in [0.3, 0.4) is 0 Å². The molecule has 0 amide bonds. The molecule has 0 fully saturated rings. The van der Waals surface area contributed by atoms with E-state index in [0.717, 1.165) is 18.8 Å². The van der Waals surface area contributed by atoms with Gasteiger partial charge in [0.25, 0.3) is 0 Å². The fraction of sp³-hybridized carbons (Fsp3) is 0.833. The molecule has 0 radical (unpaired) electrons. The zero-order chi connectivity index (χ0) is 10.1. The molecule has 0 aromatic heterocycles. The van der Waals surface area contributed by atoms with E-state index in [9.17, 15) is 0 Å². The lowest BCUT2D eigenvalue weighted by Crippen LogP contribution is -2.01. The minimum atomic E-state index is 0.341. The molecular formula is C12H24O. The molecule has 0 saturated heterocycles. The molecule has 78 valence electrons. The molecule has 1 atom stereocenters. The van der Waals surface area contributed by atoms with Gasteiger partial charge in [-0.05, 0) is 31.6 Å². The second kappa shape index (κ2) is 8.31. The number of hydrogen-bond acceptors (Lipinski definition) is 1. The average molecular weight is 184 g/mol. The predicted molar refractivity (Wildman–Crippen MR) is 58.8 cm³/mol. The van der Waals surface area contributed by atoms with Crippen molar-refractivity contribution in [3.05, 3.63) is 12.2 Å². The minimum Gasteiger partial charge on any atom is -0.396 e. The Morgan fingerprint density at radius 1 is 1.31 bits per heavy atom. The second-order valence-corrected chi connectivity index (χ2v) is 3.78. The Morgan fingerprint density at radius 2 is 2.00 bits per heavy atom. The molecule has 0 heterocycles. The van der Waals surface area contributed by atoms with Gasteiger partial charge in [0.15, 0.2) is 0 Å². The summed E-state index contributed by atoms with van der Waals surface area (Å²) in [5.41, 5.74) is 1.36. The standard InChI is InChI=1S/C12H24O/c1-4-11(3)7-6-8-12(5-2)9-10-13/h12-13H,3-10H2,1-2H3. The summed E-state index contributed by atoms with van der Waals surface area (Å²) in [5.74, 6) is 0.717. The van der Waals surface area contributed by atoms with Crippen LogP contribution in [0.2, 0.25) is 0 Å². The molecule has 0 spiro atoms. The third-order valence-electron chi connectivity index (χ3n) is 2.76. The highest BCUT2D eigenvalue weighted by Crippen LogP contribution is 2.18. The predicted octanol–water partition coefficient (Wildman–Crippen LogP) is 3.53. The van der Waals surface area contributed by atoms with Crippen molar-refractivity contribution in [1.82, 2.24) is 0 Å². The fourth-order valence-corrected chi connectivity index (χ4v) is 1.55. The van der Waals surface area contributed by atoms with E-state index >= 15 is 0 Å². The van der Waals surface area contributed by atoms with E-state index in [-0.39, 0.29) is 0 Å². The SMILES string of the molecule is C=C(CC)CCCC(CC)CCO. The monoisotopic (exact) mass is 184 g/mol. The van der Waals surface area contributed by atoms with Gasteiger partial charge in [-0.25, -0.2) is 0 Å². The van der Waals surface area contributed by atoms with Crippen LogP contribution in [-0.4, -0.2) is 11.7 Å². The number of hydrogen-bond donors (Lipinski definition) is 1. The van der Waals surface area contributed by atoms with E-state index in [1.165, 1.54) is 31.3 Å². The summed E-state index contributed by atoms with van der Waals surface area (Å²) >= 11 is 0. The van der Waals surface area contributed by atoms with E-state index in [4.69, 9.17) is 5.11 Å². The van der Waals surface area contributed by atoms with E-state index in [0.29, 0.717) is 6.61 Å². The van der Waals surface area contributed by atoms with E-state index in [1.807, 2.05) is 0 Å². The molecule has 0 bridgehead atoms. The van der Waals surface area contributed by atoms with Crippen LogP contribution in [0, 0.1) is 5.92 Å². The maximum Gasteiger partial charge on any atom is 0.0433 e. The Hall–Kier alpha value is -0.300. The van der Waals surface area contributed by atoms with Gasteiger partial charge in [-0.15, -0.1) is 0 Å². The summed E-state index contributed by atoms with van der Waals surface area (Å²) in [6.45, 7) is 8.70. The first-order valence-electron chi connectivity index (χ1n) is 5.52. The number of rotatable bonds is 8. The highest BCUT2D eigenvalue weighted by Gasteiger charge is 2.04. The van der Waals surface area contributed by atoms with Crippen molar-refractivity contribution in [3.8, 4) is 0 Å². The van der Waals surface area contributed by atoms with Crippen LogP contribution in [0.4, 0.5) is 0 Å². The Balaban J connectivity index is 3.42. The zero-order valence-electron chi connectivity index (χ0n) is 9.18. The molecule has 0 aliphatic heterocycles. The van der Waals surface area contributed by atoms with Crippen molar-refractivity contribution in [2.75, 3.05) is 6.61 Å². The topological polar surface area (TPSA) is 20.2 Å². The van der Waals surface area contributed by atoms with Gasteiger partial charge in [0.05, 0.1) is 0 Å². The Morgan fingerprint density at radius 3 is 2.46 bits per heavy atom. The van der Waals surface area contributed by atoms with Crippen molar-refractivity contribution >= 4 is 0 Å². The molecule has 1 heteroatoms. The number of allylic oxidation sites excluding steroid dienone is 1. The van der Waals surface area contributed by atoms with E-state index in [2.05, 4.69) is 20.4 Å². The van der Waals surface area contributed by atoms with Crippen molar-refractivity contribution < 1.29 is 5.11 Å². The summed E-state index contributed by atoms with van der Waals surface area (Å²) < 4.78 is 0.